The molecule has 10 heteroatoms. The van der Waals surface area contributed by atoms with Crippen molar-refractivity contribution in [1.82, 2.24) is 27.0 Å². The molecule has 6 unspecified atom stereocenters. The van der Waals surface area contributed by atoms with E-state index in [2.05, 4.69) is 33.9 Å². The first-order valence-electron chi connectivity index (χ1n) is 11.7. The van der Waals surface area contributed by atoms with Crippen LogP contribution in [0.2, 0.25) is 0 Å². The first-order chi connectivity index (χ1) is 14.8. The molecular weight excluding hydrogens is 406 g/mol. The minimum Gasteiger partial charge on any atom is -0.351 e. The summed E-state index contributed by atoms with van der Waals surface area (Å²) in [6, 6.07) is -0.0444. The van der Waals surface area contributed by atoms with Crippen molar-refractivity contribution >= 4 is 11.9 Å². The molecule has 5 N–H and O–H groups in total. The number of guanidine groups is 1. The highest BCUT2D eigenvalue weighted by Crippen LogP contribution is 2.33. The van der Waals surface area contributed by atoms with Crippen molar-refractivity contribution in [3.8, 4) is 0 Å². The van der Waals surface area contributed by atoms with Gasteiger partial charge >= 0.3 is 0 Å². The molecule has 2 saturated heterocycles. The molecule has 0 aromatic carbocycles. The van der Waals surface area contributed by atoms with E-state index >= 15 is 0 Å². The minimum atomic E-state index is -1.08. The van der Waals surface area contributed by atoms with Crippen LogP contribution in [0.4, 0.5) is 8.78 Å². The van der Waals surface area contributed by atoms with E-state index in [-0.39, 0.29) is 48.0 Å². The number of hydrazine groups is 1. The molecule has 4 rings (SSSR count). The number of rotatable bonds is 4. The Morgan fingerprint density at radius 2 is 1.81 bits per heavy atom. The van der Waals surface area contributed by atoms with Crippen LogP contribution < -0.4 is 27.0 Å². The van der Waals surface area contributed by atoms with E-state index in [1.807, 2.05) is 6.92 Å². The maximum atomic E-state index is 13.8. The third-order valence-corrected chi connectivity index (χ3v) is 7.24. The standard InChI is InChI=1S/C21H36F2N6O2/c1-12-16(11-24-31-12)19(30)26-20(27-21(2)5-3-4-6-21)25-18-10-17(28-29-18)13-7-14(22)9-15(23)8-13/h12-18,24,28-29H,3-11H2,1-2H3,(H2,25,26,27,30). The van der Waals surface area contributed by atoms with Gasteiger partial charge in [-0.3, -0.25) is 20.4 Å². The largest absolute Gasteiger partial charge is 0.351 e. The molecule has 31 heavy (non-hydrogen) atoms. The Morgan fingerprint density at radius 1 is 1.10 bits per heavy atom. The second-order valence-corrected chi connectivity index (χ2v) is 9.95. The van der Waals surface area contributed by atoms with Gasteiger partial charge in [0, 0.05) is 31.0 Å². The lowest BCUT2D eigenvalue weighted by molar-refractivity contribution is -0.124. The third kappa shape index (κ3) is 5.71. The summed E-state index contributed by atoms with van der Waals surface area (Å²) in [4.78, 5) is 22.9. The van der Waals surface area contributed by atoms with Gasteiger partial charge in [-0.15, -0.1) is 0 Å². The fourth-order valence-electron chi connectivity index (χ4n) is 5.36. The number of nitrogens with zero attached hydrogens (tertiary/aromatic N) is 1. The summed E-state index contributed by atoms with van der Waals surface area (Å²) in [5.41, 5.74) is 8.99. The maximum Gasteiger partial charge on any atom is 0.233 e. The van der Waals surface area contributed by atoms with Crippen LogP contribution in [-0.4, -0.2) is 54.6 Å². The van der Waals surface area contributed by atoms with Gasteiger partial charge in [-0.2, -0.15) is 0 Å². The zero-order valence-corrected chi connectivity index (χ0v) is 18.4. The monoisotopic (exact) mass is 442 g/mol. The number of hydrogen-bond acceptors (Lipinski definition) is 6. The number of carbonyl (C=O) groups is 1. The lowest BCUT2D eigenvalue weighted by Gasteiger charge is -2.31. The third-order valence-electron chi connectivity index (χ3n) is 7.24. The fraction of sp³-hybridized carbons (Fsp3) is 0.905. The van der Waals surface area contributed by atoms with Crippen molar-refractivity contribution in [2.24, 2.45) is 16.8 Å². The molecule has 0 aromatic rings. The highest BCUT2D eigenvalue weighted by Gasteiger charge is 2.38. The predicted octanol–water partition coefficient (Wildman–Crippen LogP) is 1.59. The van der Waals surface area contributed by atoms with Gasteiger partial charge in [0.15, 0.2) is 5.96 Å². The summed E-state index contributed by atoms with van der Waals surface area (Å²) in [6.45, 7) is 4.47. The van der Waals surface area contributed by atoms with Gasteiger partial charge in [0.2, 0.25) is 5.91 Å². The molecule has 0 radical (unpaired) electrons. The number of alkyl halides is 2. The first-order valence-corrected chi connectivity index (χ1v) is 11.7. The van der Waals surface area contributed by atoms with Gasteiger partial charge in [0.25, 0.3) is 0 Å². The van der Waals surface area contributed by atoms with Crippen LogP contribution in [0.15, 0.2) is 4.99 Å². The van der Waals surface area contributed by atoms with E-state index in [4.69, 9.17) is 9.83 Å². The van der Waals surface area contributed by atoms with Crippen molar-refractivity contribution < 1.29 is 18.4 Å². The van der Waals surface area contributed by atoms with Gasteiger partial charge in [-0.1, -0.05) is 12.8 Å². The van der Waals surface area contributed by atoms with E-state index in [0.717, 1.165) is 25.7 Å². The van der Waals surface area contributed by atoms with Gasteiger partial charge in [0.05, 0.1) is 12.0 Å². The fourth-order valence-corrected chi connectivity index (χ4v) is 5.36. The number of halogens is 2. The summed E-state index contributed by atoms with van der Waals surface area (Å²) in [5, 5.41) is 6.44. The second-order valence-electron chi connectivity index (χ2n) is 9.95. The highest BCUT2D eigenvalue weighted by atomic mass is 19.1. The molecule has 0 spiro atoms. The molecule has 0 aromatic heterocycles. The van der Waals surface area contributed by atoms with Crippen molar-refractivity contribution in [1.29, 1.82) is 0 Å². The molecule has 8 nitrogen and oxygen atoms in total. The molecule has 1 amide bonds. The van der Waals surface area contributed by atoms with Crippen LogP contribution in [-0.2, 0) is 9.63 Å². The van der Waals surface area contributed by atoms with Crippen LogP contribution >= 0.6 is 0 Å². The number of carbonyl (C=O) groups excluding carboxylic acids is 1. The normalized spacial score (nSPS) is 40.8. The molecule has 2 aliphatic heterocycles. The Balaban J connectivity index is 1.42. The lowest BCUT2D eigenvalue weighted by Crippen LogP contribution is -2.53. The molecule has 2 heterocycles. The van der Waals surface area contributed by atoms with Gasteiger partial charge in [0.1, 0.15) is 18.5 Å². The molecule has 4 aliphatic rings. The van der Waals surface area contributed by atoms with Gasteiger partial charge in [-0.25, -0.2) is 24.7 Å². The van der Waals surface area contributed by atoms with Crippen molar-refractivity contribution in [2.75, 3.05) is 6.54 Å². The topological polar surface area (TPSA) is 98.8 Å². The summed E-state index contributed by atoms with van der Waals surface area (Å²) in [7, 11) is 0. The highest BCUT2D eigenvalue weighted by molar-refractivity contribution is 5.98. The van der Waals surface area contributed by atoms with E-state index in [1.54, 1.807) is 0 Å². The summed E-state index contributed by atoms with van der Waals surface area (Å²) < 4.78 is 27.7. The Bertz CT molecular complexity index is 664. The van der Waals surface area contributed by atoms with E-state index in [0.29, 0.717) is 31.8 Å². The van der Waals surface area contributed by atoms with Crippen LogP contribution in [0.1, 0.15) is 65.2 Å². The Hall–Kier alpha value is -1.36. The lowest BCUT2D eigenvalue weighted by atomic mass is 9.81. The summed E-state index contributed by atoms with van der Waals surface area (Å²) in [5.74, 6) is -0.0483. The second kappa shape index (κ2) is 9.64. The number of hydroxylamine groups is 1. The quantitative estimate of drug-likeness (QED) is 0.335. The van der Waals surface area contributed by atoms with E-state index in [1.165, 1.54) is 0 Å². The van der Waals surface area contributed by atoms with Gasteiger partial charge in [-0.05, 0) is 45.4 Å². The number of amides is 1. The van der Waals surface area contributed by atoms with E-state index in [9.17, 15) is 13.6 Å². The Labute approximate surface area is 182 Å². The van der Waals surface area contributed by atoms with Crippen LogP contribution in [0.25, 0.3) is 0 Å². The van der Waals surface area contributed by atoms with Crippen LogP contribution in [0.3, 0.4) is 0 Å². The van der Waals surface area contributed by atoms with Crippen molar-refractivity contribution in [3.05, 3.63) is 0 Å². The molecule has 2 aliphatic carbocycles. The van der Waals surface area contributed by atoms with Crippen LogP contribution in [0, 0.1) is 11.8 Å². The first kappa shape index (κ1) is 22.8. The van der Waals surface area contributed by atoms with E-state index < -0.39 is 12.3 Å². The minimum absolute atomic E-state index is 0.00900. The predicted molar refractivity (Wildman–Crippen MR) is 113 cm³/mol. The molecule has 176 valence electrons. The maximum absolute atomic E-state index is 13.8. The van der Waals surface area contributed by atoms with Crippen molar-refractivity contribution in [2.45, 2.75) is 101 Å². The van der Waals surface area contributed by atoms with Gasteiger partial charge < -0.3 is 5.32 Å². The molecule has 4 fully saturated rings. The number of aliphatic imine (C=N–C) groups is 1. The van der Waals surface area contributed by atoms with Crippen LogP contribution in [0.5, 0.6) is 0 Å². The number of hydrogen-bond donors (Lipinski definition) is 5. The molecule has 6 atom stereocenters. The van der Waals surface area contributed by atoms with Crippen molar-refractivity contribution in [3.63, 3.8) is 0 Å². The molecule has 0 bridgehead atoms. The summed E-state index contributed by atoms with van der Waals surface area (Å²) >= 11 is 0. The molecule has 2 saturated carbocycles. The smallest absolute Gasteiger partial charge is 0.233 e. The average Bonchev–Trinajstić information content (AvgIpc) is 3.42. The average molecular weight is 443 g/mol. The summed E-state index contributed by atoms with van der Waals surface area (Å²) in [6.07, 6.45) is 3.04. The number of nitrogens with one attached hydrogen (secondary N) is 5. The Morgan fingerprint density at radius 3 is 2.45 bits per heavy atom. The zero-order chi connectivity index (χ0) is 22.0. The SMILES string of the molecule is CC1ONCC1C(=O)N/C(=N/C1CC(C2CC(F)CC(F)C2)NN1)NC1(C)CCCC1. The molecular formula is C21H36F2N6O2. The zero-order valence-electron chi connectivity index (χ0n) is 18.4. The Kier molecular flexibility index (Phi) is 7.10.